The van der Waals surface area contributed by atoms with Gasteiger partial charge in [-0.3, -0.25) is 0 Å². The Labute approximate surface area is 69.3 Å². The summed E-state index contributed by atoms with van der Waals surface area (Å²) in [5, 5.41) is 3.29. The fourth-order valence-electron chi connectivity index (χ4n) is 0.750. The second-order valence-electron chi connectivity index (χ2n) is 2.64. The molecular weight excluding hydrogens is 140 g/mol. The highest BCUT2D eigenvalue weighted by Gasteiger charge is 1.95. The molecule has 0 fully saturated rings. The Morgan fingerprint density at radius 2 is 2.27 bits per heavy atom. The third kappa shape index (κ3) is 7.78. The molecule has 0 rings (SSSR count). The van der Waals surface area contributed by atoms with E-state index in [1.54, 1.807) is 0 Å². The van der Waals surface area contributed by atoms with Gasteiger partial charge in [0, 0.05) is 25.8 Å². The largest absolute Gasteiger partial charge is 0.382 e. The van der Waals surface area contributed by atoms with Crippen LogP contribution in [0.4, 0.5) is 0 Å². The molecule has 0 aliphatic heterocycles. The van der Waals surface area contributed by atoms with E-state index in [1.807, 2.05) is 6.92 Å². The molecule has 0 aromatic heterocycles. The van der Waals surface area contributed by atoms with Crippen molar-refractivity contribution in [2.45, 2.75) is 26.3 Å². The second kappa shape index (κ2) is 7.98. The Hall–Kier alpha value is -0.120. The first-order valence-corrected chi connectivity index (χ1v) is 4.32. The van der Waals surface area contributed by atoms with Crippen LogP contribution in [-0.4, -0.2) is 32.3 Å². The lowest BCUT2D eigenvalue weighted by atomic mass is 10.3. The van der Waals surface area contributed by atoms with Gasteiger partial charge in [-0.05, 0) is 26.8 Å². The zero-order valence-electron chi connectivity index (χ0n) is 7.60. The zero-order valence-corrected chi connectivity index (χ0v) is 7.60. The molecule has 0 radical (unpaired) electrons. The maximum Gasteiger partial charge on any atom is 0.0477 e. The van der Waals surface area contributed by atoms with E-state index in [9.17, 15) is 0 Å². The van der Waals surface area contributed by atoms with Gasteiger partial charge >= 0.3 is 0 Å². The lowest BCUT2D eigenvalue weighted by molar-refractivity contribution is 0.144. The summed E-state index contributed by atoms with van der Waals surface area (Å²) in [5.74, 6) is 0. The van der Waals surface area contributed by atoms with Crippen LogP contribution in [-0.2, 0) is 4.74 Å². The number of nitrogens with one attached hydrogen (secondary N) is 1. The summed E-state index contributed by atoms with van der Waals surface area (Å²) in [6.07, 6.45) is 1.07. The summed E-state index contributed by atoms with van der Waals surface area (Å²) in [5.41, 5.74) is 5.42. The lowest BCUT2D eigenvalue weighted by Gasteiger charge is -2.10. The minimum Gasteiger partial charge on any atom is -0.382 e. The first-order chi connectivity index (χ1) is 5.31. The molecule has 0 saturated carbocycles. The molecule has 3 heteroatoms. The highest BCUT2D eigenvalue weighted by Crippen LogP contribution is 1.82. The van der Waals surface area contributed by atoms with Crippen LogP contribution in [0.25, 0.3) is 0 Å². The van der Waals surface area contributed by atoms with Crippen molar-refractivity contribution in [1.29, 1.82) is 0 Å². The predicted octanol–water partition coefficient (Wildman–Crippen LogP) is 0.350. The maximum atomic E-state index is 5.42. The number of hydrogen-bond donors (Lipinski definition) is 2. The third-order valence-electron chi connectivity index (χ3n) is 1.52. The van der Waals surface area contributed by atoms with Gasteiger partial charge in [0.05, 0.1) is 0 Å². The molecule has 0 heterocycles. The Morgan fingerprint density at radius 1 is 1.55 bits per heavy atom. The summed E-state index contributed by atoms with van der Waals surface area (Å²) in [6, 6.07) is 0.427. The molecule has 0 amide bonds. The Balaban J connectivity index is 2.89. The SMILES string of the molecule is CCOCCCNC(C)CN. The summed E-state index contributed by atoms with van der Waals surface area (Å²) in [4.78, 5) is 0. The summed E-state index contributed by atoms with van der Waals surface area (Å²) in [6.45, 7) is 7.46. The first kappa shape index (κ1) is 10.9. The van der Waals surface area contributed by atoms with E-state index >= 15 is 0 Å². The highest BCUT2D eigenvalue weighted by molar-refractivity contribution is 4.59. The van der Waals surface area contributed by atoms with Gasteiger partial charge in [0.2, 0.25) is 0 Å². The summed E-state index contributed by atoms with van der Waals surface area (Å²) >= 11 is 0. The van der Waals surface area contributed by atoms with Gasteiger partial charge in [0.25, 0.3) is 0 Å². The normalized spacial score (nSPS) is 13.4. The van der Waals surface area contributed by atoms with Crippen molar-refractivity contribution in [2.24, 2.45) is 5.73 Å². The zero-order chi connectivity index (χ0) is 8.53. The molecule has 0 aliphatic rings. The van der Waals surface area contributed by atoms with Gasteiger partial charge in [0.15, 0.2) is 0 Å². The van der Waals surface area contributed by atoms with Crippen LogP contribution < -0.4 is 11.1 Å². The average molecular weight is 160 g/mol. The van der Waals surface area contributed by atoms with Crippen LogP contribution >= 0.6 is 0 Å². The standard InChI is InChI=1S/C8H20N2O/c1-3-11-6-4-5-10-8(2)7-9/h8,10H,3-7,9H2,1-2H3. The minimum atomic E-state index is 0.427. The van der Waals surface area contributed by atoms with Gasteiger partial charge in [-0.15, -0.1) is 0 Å². The van der Waals surface area contributed by atoms with E-state index in [0.717, 1.165) is 26.2 Å². The molecule has 1 unspecified atom stereocenters. The molecule has 0 aromatic carbocycles. The number of ether oxygens (including phenoxy) is 1. The lowest BCUT2D eigenvalue weighted by Crippen LogP contribution is -2.34. The summed E-state index contributed by atoms with van der Waals surface area (Å²) in [7, 11) is 0. The van der Waals surface area contributed by atoms with Gasteiger partial charge in [-0.2, -0.15) is 0 Å². The molecule has 1 atom stereocenters. The van der Waals surface area contributed by atoms with Crippen molar-refractivity contribution in [2.75, 3.05) is 26.3 Å². The van der Waals surface area contributed by atoms with Crippen LogP contribution in [0.1, 0.15) is 20.3 Å². The maximum absolute atomic E-state index is 5.42. The second-order valence-corrected chi connectivity index (χ2v) is 2.64. The number of nitrogens with two attached hydrogens (primary N) is 1. The van der Waals surface area contributed by atoms with Crippen molar-refractivity contribution in [3.8, 4) is 0 Å². The molecule has 0 aliphatic carbocycles. The van der Waals surface area contributed by atoms with Crippen molar-refractivity contribution in [1.82, 2.24) is 5.32 Å². The molecule has 11 heavy (non-hydrogen) atoms. The fourth-order valence-corrected chi connectivity index (χ4v) is 0.750. The van der Waals surface area contributed by atoms with Crippen molar-refractivity contribution < 1.29 is 4.74 Å². The fraction of sp³-hybridized carbons (Fsp3) is 1.00. The Bertz CT molecular complexity index is 78.5. The molecule has 0 bridgehead atoms. The molecule has 0 saturated heterocycles. The van der Waals surface area contributed by atoms with Crippen molar-refractivity contribution in [3.63, 3.8) is 0 Å². The number of hydrogen-bond acceptors (Lipinski definition) is 3. The van der Waals surface area contributed by atoms with E-state index in [0.29, 0.717) is 12.6 Å². The van der Waals surface area contributed by atoms with E-state index < -0.39 is 0 Å². The van der Waals surface area contributed by atoms with Gasteiger partial charge in [-0.25, -0.2) is 0 Å². The summed E-state index contributed by atoms with van der Waals surface area (Å²) < 4.78 is 5.18. The van der Waals surface area contributed by atoms with Gasteiger partial charge in [0.1, 0.15) is 0 Å². The van der Waals surface area contributed by atoms with Crippen LogP contribution in [0.5, 0.6) is 0 Å². The van der Waals surface area contributed by atoms with E-state index in [2.05, 4.69) is 12.2 Å². The molecule has 68 valence electrons. The first-order valence-electron chi connectivity index (χ1n) is 4.32. The Kier molecular flexibility index (Phi) is 7.89. The molecule has 3 nitrogen and oxygen atoms in total. The van der Waals surface area contributed by atoms with E-state index in [4.69, 9.17) is 10.5 Å². The van der Waals surface area contributed by atoms with E-state index in [-0.39, 0.29) is 0 Å². The predicted molar refractivity (Wildman–Crippen MR) is 47.6 cm³/mol. The van der Waals surface area contributed by atoms with Crippen LogP contribution in [0.3, 0.4) is 0 Å². The number of rotatable bonds is 7. The molecule has 0 spiro atoms. The van der Waals surface area contributed by atoms with Crippen molar-refractivity contribution in [3.05, 3.63) is 0 Å². The van der Waals surface area contributed by atoms with Gasteiger partial charge < -0.3 is 15.8 Å². The average Bonchev–Trinajstić information content (AvgIpc) is 2.04. The molecular formula is C8H20N2O. The van der Waals surface area contributed by atoms with Crippen LogP contribution in [0.15, 0.2) is 0 Å². The van der Waals surface area contributed by atoms with Crippen molar-refractivity contribution >= 4 is 0 Å². The van der Waals surface area contributed by atoms with Gasteiger partial charge in [-0.1, -0.05) is 0 Å². The highest BCUT2D eigenvalue weighted by atomic mass is 16.5. The third-order valence-corrected chi connectivity index (χ3v) is 1.52. The quantitative estimate of drug-likeness (QED) is 0.528. The minimum absolute atomic E-state index is 0.427. The monoisotopic (exact) mass is 160 g/mol. The smallest absolute Gasteiger partial charge is 0.0477 e. The Morgan fingerprint density at radius 3 is 2.82 bits per heavy atom. The molecule has 0 aromatic rings. The van der Waals surface area contributed by atoms with E-state index in [1.165, 1.54) is 0 Å². The van der Waals surface area contributed by atoms with Crippen LogP contribution in [0.2, 0.25) is 0 Å². The van der Waals surface area contributed by atoms with Crippen LogP contribution in [0, 0.1) is 0 Å². The molecule has 3 N–H and O–H groups in total. The topological polar surface area (TPSA) is 47.3 Å².